The molecule has 5 rings (SSSR count). The maximum atomic E-state index is 13.4. The first-order chi connectivity index (χ1) is 16.9. The molecular formula is C27H33N7O. The zero-order valence-electron chi connectivity index (χ0n) is 20.9. The summed E-state index contributed by atoms with van der Waals surface area (Å²) in [5, 5.41) is 13.9. The highest BCUT2D eigenvalue weighted by Crippen LogP contribution is 2.31. The molecule has 0 unspecified atom stereocenters. The maximum Gasteiger partial charge on any atom is 0.253 e. The molecule has 2 aromatic heterocycles. The number of aryl methyl sites for hydroxylation is 1. The van der Waals surface area contributed by atoms with Crippen LogP contribution in [0.3, 0.4) is 0 Å². The van der Waals surface area contributed by atoms with Crippen molar-refractivity contribution in [2.45, 2.75) is 45.7 Å². The minimum absolute atomic E-state index is 0.0966. The van der Waals surface area contributed by atoms with Gasteiger partial charge in [0, 0.05) is 42.9 Å². The van der Waals surface area contributed by atoms with E-state index in [0.717, 1.165) is 49.1 Å². The Hall–Kier alpha value is -3.52. The van der Waals surface area contributed by atoms with E-state index in [-0.39, 0.29) is 17.1 Å². The lowest BCUT2D eigenvalue weighted by molar-refractivity contribution is 0.186. The van der Waals surface area contributed by atoms with Gasteiger partial charge in [0.25, 0.3) is 5.56 Å². The Balaban J connectivity index is 1.58. The fraction of sp³-hybridized carbons (Fsp3) is 0.407. The molecule has 182 valence electrons. The molecule has 1 fully saturated rings. The molecule has 0 bridgehead atoms. The second-order valence-electron chi connectivity index (χ2n) is 10.0. The number of nitrogens with one attached hydrogen (secondary N) is 1. The van der Waals surface area contributed by atoms with Crippen LogP contribution in [0.4, 0.5) is 5.69 Å². The van der Waals surface area contributed by atoms with Crippen molar-refractivity contribution in [2.24, 2.45) is 0 Å². The number of aromatic amines is 1. The van der Waals surface area contributed by atoms with E-state index in [9.17, 15) is 4.79 Å². The lowest BCUT2D eigenvalue weighted by atomic mass is 9.98. The van der Waals surface area contributed by atoms with Crippen LogP contribution in [0.15, 0.2) is 59.4 Å². The van der Waals surface area contributed by atoms with Crippen molar-refractivity contribution in [3.63, 3.8) is 0 Å². The molecule has 0 saturated carbocycles. The van der Waals surface area contributed by atoms with Crippen LogP contribution < -0.4 is 10.5 Å². The predicted octanol–water partition coefficient (Wildman–Crippen LogP) is 3.88. The minimum Gasteiger partial charge on any atom is -0.369 e. The van der Waals surface area contributed by atoms with Gasteiger partial charge < -0.3 is 9.88 Å². The highest BCUT2D eigenvalue weighted by Gasteiger charge is 2.35. The van der Waals surface area contributed by atoms with Gasteiger partial charge in [0.2, 0.25) is 0 Å². The van der Waals surface area contributed by atoms with Gasteiger partial charge in [-0.25, -0.2) is 4.68 Å². The molecule has 8 heteroatoms. The minimum atomic E-state index is -0.345. The Bertz CT molecular complexity index is 1370. The fourth-order valence-corrected chi connectivity index (χ4v) is 4.87. The van der Waals surface area contributed by atoms with Gasteiger partial charge in [0.05, 0.1) is 5.54 Å². The summed E-state index contributed by atoms with van der Waals surface area (Å²) in [6.07, 6.45) is 0.868. The summed E-state index contributed by atoms with van der Waals surface area (Å²) < 4.78 is 1.90. The molecule has 1 aliphatic rings. The van der Waals surface area contributed by atoms with Crippen LogP contribution in [0.25, 0.3) is 10.9 Å². The van der Waals surface area contributed by atoms with E-state index in [1.165, 1.54) is 5.69 Å². The van der Waals surface area contributed by atoms with Crippen molar-refractivity contribution in [3.8, 4) is 0 Å². The number of fused-ring (bicyclic) bond motifs is 1. The zero-order valence-corrected chi connectivity index (χ0v) is 20.9. The monoisotopic (exact) mass is 471 g/mol. The van der Waals surface area contributed by atoms with Crippen molar-refractivity contribution in [2.75, 3.05) is 31.1 Å². The first kappa shape index (κ1) is 23.2. The number of benzene rings is 2. The van der Waals surface area contributed by atoms with Gasteiger partial charge >= 0.3 is 0 Å². The Morgan fingerprint density at radius 3 is 2.49 bits per heavy atom. The standard InChI is InChI=1S/C27H33N7O/c1-5-27(3,4)34-25(29-30-31-34)24(22-18-20-17-19(2)11-12-23(20)28-26(22)35)33-15-13-32(14-16-33)21-9-7-6-8-10-21/h6-12,17-18,24H,5,13-16H2,1-4H3,(H,28,35)/t24-/m1/s1. The Labute approximate surface area is 205 Å². The van der Waals surface area contributed by atoms with E-state index in [0.29, 0.717) is 11.4 Å². The second-order valence-corrected chi connectivity index (χ2v) is 10.0. The summed E-state index contributed by atoms with van der Waals surface area (Å²) in [7, 11) is 0. The number of rotatable bonds is 6. The molecular weight excluding hydrogens is 438 g/mol. The molecule has 35 heavy (non-hydrogen) atoms. The number of pyridine rings is 1. The fourth-order valence-electron chi connectivity index (χ4n) is 4.87. The summed E-state index contributed by atoms with van der Waals surface area (Å²) in [4.78, 5) is 21.3. The van der Waals surface area contributed by atoms with Crippen molar-refractivity contribution >= 4 is 16.6 Å². The number of para-hydroxylation sites is 1. The van der Waals surface area contributed by atoms with Crippen LogP contribution in [0.5, 0.6) is 0 Å². The Morgan fingerprint density at radius 1 is 1.03 bits per heavy atom. The number of tetrazole rings is 1. The van der Waals surface area contributed by atoms with E-state index in [4.69, 9.17) is 0 Å². The highest BCUT2D eigenvalue weighted by atomic mass is 16.1. The molecule has 1 N–H and O–H groups in total. The summed E-state index contributed by atoms with van der Waals surface area (Å²) >= 11 is 0. The maximum absolute atomic E-state index is 13.4. The van der Waals surface area contributed by atoms with E-state index in [2.05, 4.69) is 88.3 Å². The first-order valence-electron chi connectivity index (χ1n) is 12.3. The molecule has 1 saturated heterocycles. The van der Waals surface area contributed by atoms with Gasteiger partial charge in [-0.05, 0) is 73.3 Å². The van der Waals surface area contributed by atoms with E-state index in [1.807, 2.05) is 28.9 Å². The molecule has 1 aliphatic heterocycles. The normalized spacial score (nSPS) is 16.1. The average molecular weight is 472 g/mol. The third-order valence-corrected chi connectivity index (χ3v) is 7.30. The van der Waals surface area contributed by atoms with E-state index in [1.54, 1.807) is 0 Å². The van der Waals surface area contributed by atoms with Crippen LogP contribution >= 0.6 is 0 Å². The highest BCUT2D eigenvalue weighted by molar-refractivity contribution is 5.79. The average Bonchev–Trinajstić information content (AvgIpc) is 3.36. The molecule has 8 nitrogen and oxygen atoms in total. The lowest BCUT2D eigenvalue weighted by Gasteiger charge is -2.40. The third-order valence-electron chi connectivity index (χ3n) is 7.30. The van der Waals surface area contributed by atoms with Gasteiger partial charge in [-0.1, -0.05) is 36.8 Å². The molecule has 3 heterocycles. The van der Waals surface area contributed by atoms with Crippen LogP contribution in [0.2, 0.25) is 0 Å². The van der Waals surface area contributed by atoms with Gasteiger partial charge in [0.15, 0.2) is 5.82 Å². The number of piperazine rings is 1. The smallest absolute Gasteiger partial charge is 0.253 e. The van der Waals surface area contributed by atoms with Gasteiger partial charge in [-0.2, -0.15) is 0 Å². The molecule has 0 aliphatic carbocycles. The summed E-state index contributed by atoms with van der Waals surface area (Å²) in [5.74, 6) is 0.711. The molecule has 0 amide bonds. The number of anilines is 1. The third kappa shape index (κ3) is 4.46. The molecule has 0 spiro atoms. The Kier molecular flexibility index (Phi) is 6.15. The van der Waals surface area contributed by atoms with Crippen LogP contribution in [-0.2, 0) is 5.54 Å². The largest absolute Gasteiger partial charge is 0.369 e. The number of hydrogen-bond donors (Lipinski definition) is 1. The van der Waals surface area contributed by atoms with Crippen molar-refractivity contribution in [1.82, 2.24) is 30.1 Å². The van der Waals surface area contributed by atoms with E-state index < -0.39 is 0 Å². The van der Waals surface area contributed by atoms with Crippen LogP contribution in [0, 0.1) is 6.92 Å². The molecule has 4 aromatic rings. The van der Waals surface area contributed by atoms with E-state index >= 15 is 0 Å². The number of aromatic nitrogens is 5. The van der Waals surface area contributed by atoms with Gasteiger partial charge in [-0.3, -0.25) is 9.69 Å². The number of H-pyrrole nitrogens is 1. The summed E-state index contributed by atoms with van der Waals surface area (Å²) in [5.41, 5.74) is 3.52. The van der Waals surface area contributed by atoms with Crippen molar-refractivity contribution in [1.29, 1.82) is 0 Å². The number of hydrogen-bond acceptors (Lipinski definition) is 6. The van der Waals surface area contributed by atoms with Gasteiger partial charge in [0.1, 0.15) is 6.04 Å². The van der Waals surface area contributed by atoms with Crippen LogP contribution in [0.1, 0.15) is 50.2 Å². The number of nitrogens with zero attached hydrogens (tertiary/aromatic N) is 6. The first-order valence-corrected chi connectivity index (χ1v) is 12.3. The van der Waals surface area contributed by atoms with Gasteiger partial charge in [-0.15, -0.1) is 5.10 Å². The second kappa shape index (κ2) is 9.26. The molecule has 0 radical (unpaired) electrons. The SMILES string of the molecule is CCC(C)(C)n1nnnc1[C@@H](c1cc2cc(C)ccc2[nH]c1=O)N1CCN(c2ccccc2)CC1. The summed E-state index contributed by atoms with van der Waals surface area (Å²) in [6, 6.07) is 18.2. The molecule has 1 atom stereocenters. The van der Waals surface area contributed by atoms with Crippen LogP contribution in [-0.4, -0.2) is 56.3 Å². The lowest BCUT2D eigenvalue weighted by Crippen LogP contribution is -2.49. The van der Waals surface area contributed by atoms with Crippen molar-refractivity contribution < 1.29 is 0 Å². The summed E-state index contributed by atoms with van der Waals surface area (Å²) in [6.45, 7) is 11.8. The molecule has 2 aromatic carbocycles. The zero-order chi connectivity index (χ0) is 24.6. The predicted molar refractivity (Wildman–Crippen MR) is 139 cm³/mol. The quantitative estimate of drug-likeness (QED) is 0.460. The van der Waals surface area contributed by atoms with Crippen molar-refractivity contribution in [3.05, 3.63) is 81.9 Å². The topological polar surface area (TPSA) is 82.9 Å². The Morgan fingerprint density at radius 2 is 1.77 bits per heavy atom.